The molecule has 21 heavy (non-hydrogen) atoms. The van der Waals surface area contributed by atoms with E-state index in [1.807, 2.05) is 18.2 Å². The summed E-state index contributed by atoms with van der Waals surface area (Å²) in [6.45, 7) is 4.68. The number of nitrogens with one attached hydrogen (secondary N) is 1. The highest BCUT2D eigenvalue weighted by Gasteiger charge is 2.15. The van der Waals surface area contributed by atoms with Gasteiger partial charge in [0.15, 0.2) is 11.5 Å². The summed E-state index contributed by atoms with van der Waals surface area (Å²) < 4.78 is 10.8. The van der Waals surface area contributed by atoms with E-state index in [0.717, 1.165) is 30.0 Å². The van der Waals surface area contributed by atoms with Gasteiger partial charge in [0, 0.05) is 11.8 Å². The van der Waals surface area contributed by atoms with E-state index < -0.39 is 0 Å². The van der Waals surface area contributed by atoms with E-state index in [-0.39, 0.29) is 0 Å². The van der Waals surface area contributed by atoms with Crippen molar-refractivity contribution in [3.63, 3.8) is 0 Å². The minimum Gasteiger partial charge on any atom is -0.454 e. The van der Waals surface area contributed by atoms with Crippen LogP contribution in [0.3, 0.4) is 0 Å². The van der Waals surface area contributed by atoms with Crippen molar-refractivity contribution >= 4 is 5.69 Å². The average molecular weight is 283 g/mol. The third-order valence-electron chi connectivity index (χ3n) is 3.91. The molecule has 0 bridgehead atoms. The summed E-state index contributed by atoms with van der Waals surface area (Å²) in [5.74, 6) is 1.64. The van der Waals surface area contributed by atoms with Crippen molar-refractivity contribution in [3.8, 4) is 11.5 Å². The lowest BCUT2D eigenvalue weighted by molar-refractivity contribution is 0.174. The summed E-state index contributed by atoms with van der Waals surface area (Å²) in [7, 11) is 0. The maximum absolute atomic E-state index is 5.43. The molecule has 0 amide bonds. The highest BCUT2D eigenvalue weighted by molar-refractivity contribution is 5.56. The van der Waals surface area contributed by atoms with E-state index >= 15 is 0 Å². The van der Waals surface area contributed by atoms with Crippen molar-refractivity contribution < 1.29 is 9.47 Å². The molecule has 0 aliphatic carbocycles. The van der Waals surface area contributed by atoms with Crippen molar-refractivity contribution in [1.82, 2.24) is 0 Å². The first kappa shape index (κ1) is 13.8. The Labute approximate surface area is 125 Å². The first-order valence-corrected chi connectivity index (χ1v) is 7.55. The summed E-state index contributed by atoms with van der Waals surface area (Å²) in [4.78, 5) is 0. The van der Waals surface area contributed by atoms with Gasteiger partial charge in [0.2, 0.25) is 6.79 Å². The lowest BCUT2D eigenvalue weighted by Gasteiger charge is -2.19. The minimum atomic E-state index is 0.302. The van der Waals surface area contributed by atoms with Gasteiger partial charge in [-0.1, -0.05) is 38.1 Å². The number of aryl methyl sites for hydroxylation is 1. The number of hydrogen-bond donors (Lipinski definition) is 1. The number of fused-ring (bicyclic) bond motifs is 1. The normalized spacial score (nSPS) is 14.0. The second kappa shape index (κ2) is 6.08. The molecule has 1 aliphatic rings. The molecule has 3 heteroatoms. The predicted octanol–water partition coefficient (Wildman–Crippen LogP) is 4.54. The van der Waals surface area contributed by atoms with E-state index in [1.54, 1.807) is 0 Å². The quantitative estimate of drug-likeness (QED) is 0.873. The van der Waals surface area contributed by atoms with Crippen LogP contribution < -0.4 is 14.8 Å². The Bertz CT molecular complexity index is 607. The van der Waals surface area contributed by atoms with Crippen LogP contribution in [0.4, 0.5) is 5.69 Å². The van der Waals surface area contributed by atoms with Crippen LogP contribution in [0, 0.1) is 0 Å². The van der Waals surface area contributed by atoms with Gasteiger partial charge in [0.05, 0.1) is 6.04 Å². The van der Waals surface area contributed by atoms with Crippen LogP contribution in [-0.2, 0) is 6.42 Å². The number of rotatable bonds is 5. The van der Waals surface area contributed by atoms with Crippen molar-refractivity contribution in [2.75, 3.05) is 12.1 Å². The Morgan fingerprint density at radius 3 is 2.48 bits per heavy atom. The monoisotopic (exact) mass is 283 g/mol. The minimum absolute atomic E-state index is 0.302. The van der Waals surface area contributed by atoms with Crippen molar-refractivity contribution in [1.29, 1.82) is 0 Å². The largest absolute Gasteiger partial charge is 0.454 e. The molecule has 1 aliphatic heterocycles. The van der Waals surface area contributed by atoms with Gasteiger partial charge >= 0.3 is 0 Å². The van der Waals surface area contributed by atoms with Gasteiger partial charge < -0.3 is 14.8 Å². The van der Waals surface area contributed by atoms with Crippen molar-refractivity contribution in [2.45, 2.75) is 32.7 Å². The predicted molar refractivity (Wildman–Crippen MR) is 85.0 cm³/mol. The number of hydrogen-bond acceptors (Lipinski definition) is 3. The van der Waals surface area contributed by atoms with E-state index in [1.165, 1.54) is 11.1 Å². The fourth-order valence-electron chi connectivity index (χ4n) is 2.59. The number of anilines is 1. The van der Waals surface area contributed by atoms with Crippen LogP contribution in [-0.4, -0.2) is 6.79 Å². The molecule has 1 N–H and O–H groups in total. The zero-order valence-electron chi connectivity index (χ0n) is 12.6. The topological polar surface area (TPSA) is 30.5 Å². The SMILES string of the molecule is CCc1ccc(C(CC)Nc2ccc3c(c2)OCO3)cc1. The molecule has 1 atom stereocenters. The van der Waals surface area contributed by atoms with Gasteiger partial charge in [0.1, 0.15) is 0 Å². The standard InChI is InChI=1S/C18H21NO2/c1-3-13-5-7-14(8-6-13)16(4-2)19-15-9-10-17-18(11-15)21-12-20-17/h5-11,16,19H,3-4,12H2,1-2H3. The summed E-state index contributed by atoms with van der Waals surface area (Å²) in [6, 6.07) is 15.1. The number of benzene rings is 2. The molecule has 2 aromatic carbocycles. The second-order valence-electron chi connectivity index (χ2n) is 5.27. The fraction of sp³-hybridized carbons (Fsp3) is 0.333. The van der Waals surface area contributed by atoms with Crippen LogP contribution in [0.1, 0.15) is 37.4 Å². The van der Waals surface area contributed by atoms with Gasteiger partial charge in [0.25, 0.3) is 0 Å². The van der Waals surface area contributed by atoms with Crippen LogP contribution >= 0.6 is 0 Å². The smallest absolute Gasteiger partial charge is 0.231 e. The third kappa shape index (κ3) is 2.97. The number of ether oxygens (including phenoxy) is 2. The highest BCUT2D eigenvalue weighted by Crippen LogP contribution is 2.35. The highest BCUT2D eigenvalue weighted by atomic mass is 16.7. The molecule has 0 radical (unpaired) electrons. The van der Waals surface area contributed by atoms with Gasteiger partial charge in [-0.05, 0) is 36.1 Å². The first-order valence-electron chi connectivity index (χ1n) is 7.55. The Balaban J connectivity index is 1.77. The van der Waals surface area contributed by atoms with Crippen LogP contribution in [0.15, 0.2) is 42.5 Å². The Kier molecular flexibility index (Phi) is 4.00. The molecule has 0 fully saturated rings. The summed E-state index contributed by atoms with van der Waals surface area (Å²) in [5.41, 5.74) is 3.75. The van der Waals surface area contributed by atoms with Crippen molar-refractivity contribution in [2.24, 2.45) is 0 Å². The lowest BCUT2D eigenvalue weighted by atomic mass is 10.0. The molecule has 0 spiro atoms. The van der Waals surface area contributed by atoms with E-state index in [4.69, 9.17) is 9.47 Å². The molecule has 1 heterocycles. The molecule has 0 aromatic heterocycles. The Morgan fingerprint density at radius 1 is 1.00 bits per heavy atom. The maximum atomic E-state index is 5.43. The van der Waals surface area contributed by atoms with E-state index in [0.29, 0.717) is 12.8 Å². The molecule has 0 saturated carbocycles. The Hall–Kier alpha value is -2.16. The molecular weight excluding hydrogens is 262 g/mol. The Morgan fingerprint density at radius 2 is 1.76 bits per heavy atom. The zero-order chi connectivity index (χ0) is 14.7. The van der Waals surface area contributed by atoms with Gasteiger partial charge in [-0.2, -0.15) is 0 Å². The van der Waals surface area contributed by atoms with E-state index in [9.17, 15) is 0 Å². The molecule has 1 unspecified atom stereocenters. The zero-order valence-corrected chi connectivity index (χ0v) is 12.6. The first-order chi connectivity index (χ1) is 10.3. The molecule has 3 nitrogen and oxygen atoms in total. The summed E-state index contributed by atoms with van der Waals surface area (Å²) in [6.07, 6.45) is 2.10. The third-order valence-corrected chi connectivity index (χ3v) is 3.91. The lowest BCUT2D eigenvalue weighted by Crippen LogP contribution is -2.09. The summed E-state index contributed by atoms with van der Waals surface area (Å²) in [5, 5.41) is 3.58. The van der Waals surface area contributed by atoms with Gasteiger partial charge in [-0.15, -0.1) is 0 Å². The molecule has 0 saturated heterocycles. The van der Waals surface area contributed by atoms with Gasteiger partial charge in [-0.25, -0.2) is 0 Å². The second-order valence-corrected chi connectivity index (χ2v) is 5.27. The van der Waals surface area contributed by atoms with E-state index in [2.05, 4.69) is 43.4 Å². The molecule has 3 rings (SSSR count). The van der Waals surface area contributed by atoms with Gasteiger partial charge in [-0.3, -0.25) is 0 Å². The van der Waals surface area contributed by atoms with Crippen LogP contribution in [0.25, 0.3) is 0 Å². The summed E-state index contributed by atoms with van der Waals surface area (Å²) >= 11 is 0. The molecule has 2 aromatic rings. The van der Waals surface area contributed by atoms with Crippen LogP contribution in [0.5, 0.6) is 11.5 Å². The molecular formula is C18H21NO2. The van der Waals surface area contributed by atoms with Crippen molar-refractivity contribution in [3.05, 3.63) is 53.6 Å². The van der Waals surface area contributed by atoms with Crippen LogP contribution in [0.2, 0.25) is 0 Å². The maximum Gasteiger partial charge on any atom is 0.231 e. The average Bonchev–Trinajstić information content (AvgIpc) is 3.00. The molecule has 110 valence electrons. The fourth-order valence-corrected chi connectivity index (χ4v) is 2.59.